The van der Waals surface area contributed by atoms with E-state index in [0.717, 1.165) is 0 Å². The fourth-order valence-corrected chi connectivity index (χ4v) is 1.59. The zero-order valence-electron chi connectivity index (χ0n) is 9.51. The van der Waals surface area contributed by atoms with Gasteiger partial charge in [0.1, 0.15) is 5.76 Å². The molecule has 1 heterocycles. The second-order valence-corrected chi connectivity index (χ2v) is 3.80. The Morgan fingerprint density at radius 3 is 2.71 bits per heavy atom. The molecule has 1 atom stereocenters. The monoisotopic (exact) mass is 230 g/mol. The van der Waals surface area contributed by atoms with Gasteiger partial charge in [0.25, 0.3) is 5.91 Å². The van der Waals surface area contributed by atoms with Crippen molar-refractivity contribution in [3.05, 3.63) is 54.0 Å². The zero-order chi connectivity index (χ0) is 12.3. The molecule has 0 saturated heterocycles. The lowest BCUT2D eigenvalue weighted by atomic mass is 10.1. The lowest BCUT2D eigenvalue weighted by Crippen LogP contribution is -2.27. The Morgan fingerprint density at radius 2 is 2.06 bits per heavy atom. The lowest BCUT2D eigenvalue weighted by molar-refractivity contribution is 0.0936. The summed E-state index contributed by atoms with van der Waals surface area (Å²) in [6, 6.07) is 10.4. The zero-order valence-corrected chi connectivity index (χ0v) is 9.51. The number of carbonyl (C=O) groups excluding carboxylic acids is 1. The number of rotatable bonds is 3. The molecule has 0 unspecified atom stereocenters. The van der Waals surface area contributed by atoms with Crippen molar-refractivity contribution in [3.8, 4) is 0 Å². The standard InChI is InChI=1S/C13H14N2O2/c1-9(12-7-4-8-17-12)15-13(16)10-5-2-3-6-11(10)14/h2-9H,14H2,1H3,(H,15,16)/t9-/m1/s1. The maximum absolute atomic E-state index is 11.9. The smallest absolute Gasteiger partial charge is 0.253 e. The van der Waals surface area contributed by atoms with Crippen LogP contribution in [0.2, 0.25) is 0 Å². The number of amides is 1. The van der Waals surface area contributed by atoms with E-state index >= 15 is 0 Å². The molecule has 2 aromatic rings. The number of nitrogen functional groups attached to an aromatic ring is 1. The summed E-state index contributed by atoms with van der Waals surface area (Å²) in [5, 5.41) is 2.83. The normalized spacial score (nSPS) is 12.1. The maximum atomic E-state index is 11.9. The van der Waals surface area contributed by atoms with Gasteiger partial charge in [0.2, 0.25) is 0 Å². The molecule has 0 spiro atoms. The van der Waals surface area contributed by atoms with Crippen LogP contribution in [0.15, 0.2) is 47.1 Å². The third-order valence-corrected chi connectivity index (χ3v) is 2.52. The van der Waals surface area contributed by atoms with Gasteiger partial charge in [0, 0.05) is 5.69 Å². The Bertz CT molecular complexity index is 506. The Morgan fingerprint density at radius 1 is 1.29 bits per heavy atom. The largest absolute Gasteiger partial charge is 0.467 e. The maximum Gasteiger partial charge on any atom is 0.253 e. The summed E-state index contributed by atoms with van der Waals surface area (Å²) in [6.45, 7) is 1.86. The molecule has 0 bridgehead atoms. The molecule has 1 aromatic carbocycles. The van der Waals surface area contributed by atoms with Crippen LogP contribution in [0.1, 0.15) is 29.1 Å². The fraction of sp³-hybridized carbons (Fsp3) is 0.154. The first-order valence-electron chi connectivity index (χ1n) is 5.37. The summed E-state index contributed by atoms with van der Waals surface area (Å²) < 4.78 is 5.22. The van der Waals surface area contributed by atoms with Gasteiger partial charge in [-0.15, -0.1) is 0 Å². The van der Waals surface area contributed by atoms with Gasteiger partial charge in [0.05, 0.1) is 17.9 Å². The highest BCUT2D eigenvalue weighted by atomic mass is 16.3. The predicted octanol–water partition coefficient (Wildman–Crippen LogP) is 2.35. The van der Waals surface area contributed by atoms with Gasteiger partial charge in [-0.05, 0) is 31.2 Å². The number of benzene rings is 1. The van der Waals surface area contributed by atoms with Gasteiger partial charge >= 0.3 is 0 Å². The lowest BCUT2D eigenvalue weighted by Gasteiger charge is -2.12. The van der Waals surface area contributed by atoms with Gasteiger partial charge in [-0.2, -0.15) is 0 Å². The summed E-state index contributed by atoms with van der Waals surface area (Å²) >= 11 is 0. The summed E-state index contributed by atoms with van der Waals surface area (Å²) in [6.07, 6.45) is 1.58. The first-order chi connectivity index (χ1) is 8.18. The van der Waals surface area contributed by atoms with Crippen molar-refractivity contribution < 1.29 is 9.21 Å². The van der Waals surface area contributed by atoms with Crippen LogP contribution < -0.4 is 11.1 Å². The van der Waals surface area contributed by atoms with Crippen molar-refractivity contribution in [3.63, 3.8) is 0 Å². The molecule has 0 aliphatic carbocycles. The van der Waals surface area contributed by atoms with Crippen LogP contribution in [0.3, 0.4) is 0 Å². The molecular weight excluding hydrogens is 216 g/mol. The summed E-state index contributed by atoms with van der Waals surface area (Å²) in [7, 11) is 0. The first-order valence-corrected chi connectivity index (χ1v) is 5.37. The number of furan rings is 1. The third-order valence-electron chi connectivity index (χ3n) is 2.52. The molecule has 0 aliphatic heterocycles. The van der Waals surface area contributed by atoms with Crippen LogP contribution >= 0.6 is 0 Å². The topological polar surface area (TPSA) is 68.3 Å². The minimum atomic E-state index is -0.202. The molecule has 2 rings (SSSR count). The number of para-hydroxylation sites is 1. The van der Waals surface area contributed by atoms with E-state index in [2.05, 4.69) is 5.32 Å². The van der Waals surface area contributed by atoms with Crippen molar-refractivity contribution in [2.24, 2.45) is 0 Å². The van der Waals surface area contributed by atoms with Crippen molar-refractivity contribution in [1.29, 1.82) is 0 Å². The molecule has 0 radical (unpaired) electrons. The second-order valence-electron chi connectivity index (χ2n) is 3.80. The van der Waals surface area contributed by atoms with E-state index in [0.29, 0.717) is 17.0 Å². The van der Waals surface area contributed by atoms with Crippen molar-refractivity contribution in [2.75, 3.05) is 5.73 Å². The van der Waals surface area contributed by atoms with Crippen molar-refractivity contribution in [1.82, 2.24) is 5.32 Å². The molecule has 3 N–H and O–H groups in total. The fourth-order valence-electron chi connectivity index (χ4n) is 1.59. The summed E-state index contributed by atoms with van der Waals surface area (Å²) in [5.74, 6) is 0.514. The Balaban J connectivity index is 2.10. The molecular formula is C13H14N2O2. The van der Waals surface area contributed by atoms with E-state index in [1.807, 2.05) is 13.0 Å². The van der Waals surface area contributed by atoms with Crippen LogP contribution in [0.25, 0.3) is 0 Å². The number of hydrogen-bond donors (Lipinski definition) is 2. The number of hydrogen-bond acceptors (Lipinski definition) is 3. The Labute approximate surface area is 99.4 Å². The summed E-state index contributed by atoms with van der Waals surface area (Å²) in [4.78, 5) is 11.9. The average Bonchev–Trinajstić information content (AvgIpc) is 2.82. The van der Waals surface area contributed by atoms with Crippen LogP contribution in [0.4, 0.5) is 5.69 Å². The molecule has 1 amide bonds. The highest BCUT2D eigenvalue weighted by Gasteiger charge is 2.14. The highest BCUT2D eigenvalue weighted by Crippen LogP contribution is 2.15. The van der Waals surface area contributed by atoms with Crippen LogP contribution in [0.5, 0.6) is 0 Å². The Kier molecular flexibility index (Phi) is 3.14. The molecule has 88 valence electrons. The van der Waals surface area contributed by atoms with E-state index in [4.69, 9.17) is 10.2 Å². The SMILES string of the molecule is C[C@@H](NC(=O)c1ccccc1N)c1ccco1. The predicted molar refractivity (Wildman–Crippen MR) is 65.4 cm³/mol. The van der Waals surface area contributed by atoms with E-state index < -0.39 is 0 Å². The van der Waals surface area contributed by atoms with Crippen LogP contribution in [-0.2, 0) is 0 Å². The molecule has 4 nitrogen and oxygen atoms in total. The minimum Gasteiger partial charge on any atom is -0.467 e. The van der Waals surface area contributed by atoms with Crippen molar-refractivity contribution >= 4 is 11.6 Å². The number of anilines is 1. The van der Waals surface area contributed by atoms with Gasteiger partial charge < -0.3 is 15.5 Å². The number of nitrogens with two attached hydrogens (primary N) is 1. The third kappa shape index (κ3) is 2.47. The number of carbonyl (C=O) groups is 1. The molecule has 17 heavy (non-hydrogen) atoms. The van der Waals surface area contributed by atoms with Gasteiger partial charge in [0.15, 0.2) is 0 Å². The van der Waals surface area contributed by atoms with E-state index in [9.17, 15) is 4.79 Å². The van der Waals surface area contributed by atoms with E-state index in [1.165, 1.54) is 0 Å². The molecule has 0 aliphatic rings. The number of nitrogens with one attached hydrogen (secondary N) is 1. The molecule has 0 saturated carbocycles. The first kappa shape index (κ1) is 11.3. The minimum absolute atomic E-state index is 0.183. The van der Waals surface area contributed by atoms with Crippen LogP contribution in [0, 0.1) is 0 Å². The quantitative estimate of drug-likeness (QED) is 0.795. The molecule has 0 fully saturated rings. The van der Waals surface area contributed by atoms with Crippen LogP contribution in [-0.4, -0.2) is 5.91 Å². The van der Waals surface area contributed by atoms with Gasteiger partial charge in [-0.1, -0.05) is 12.1 Å². The van der Waals surface area contributed by atoms with E-state index in [-0.39, 0.29) is 11.9 Å². The average molecular weight is 230 g/mol. The second kappa shape index (κ2) is 4.74. The van der Waals surface area contributed by atoms with Gasteiger partial charge in [-0.25, -0.2) is 0 Å². The summed E-state index contributed by atoms with van der Waals surface area (Å²) in [5.41, 5.74) is 6.68. The van der Waals surface area contributed by atoms with E-state index in [1.54, 1.807) is 36.6 Å². The van der Waals surface area contributed by atoms with Crippen molar-refractivity contribution in [2.45, 2.75) is 13.0 Å². The van der Waals surface area contributed by atoms with Gasteiger partial charge in [-0.3, -0.25) is 4.79 Å². The Hall–Kier alpha value is -2.23. The highest BCUT2D eigenvalue weighted by molar-refractivity contribution is 5.99. The molecule has 1 aromatic heterocycles. The molecule has 4 heteroatoms.